The van der Waals surface area contributed by atoms with Gasteiger partial charge in [-0.05, 0) is 49.9 Å². The minimum atomic E-state index is -1.82. The van der Waals surface area contributed by atoms with E-state index in [9.17, 15) is 0 Å². The van der Waals surface area contributed by atoms with Gasteiger partial charge < -0.3 is 19.7 Å². The van der Waals surface area contributed by atoms with Gasteiger partial charge in [-0.2, -0.15) is 0 Å². The lowest BCUT2D eigenvalue weighted by atomic mass is 9.90. The van der Waals surface area contributed by atoms with Gasteiger partial charge in [-0.3, -0.25) is 4.90 Å². The maximum Gasteiger partial charge on any atom is 0.414 e. The van der Waals surface area contributed by atoms with E-state index < -0.39 is 11.9 Å². The lowest BCUT2D eigenvalue weighted by Crippen LogP contribution is -2.34. The van der Waals surface area contributed by atoms with Gasteiger partial charge >= 0.3 is 11.9 Å². The standard InChI is InChI=1S/C21H27NO2.C2H2O4/c1-23-20-10-6-9-19(21(20)24-2)16-22-13-11-18(12-14-22)15-17-7-4-3-5-8-17;3-1(4)2(5)6/h3-10,18H,11-16H2,1-2H3;(H,3,4)(H,5,6). The molecule has 2 aromatic rings. The summed E-state index contributed by atoms with van der Waals surface area (Å²) in [5.74, 6) is -1.17. The fraction of sp³-hybridized carbons (Fsp3) is 0.391. The van der Waals surface area contributed by atoms with Crippen LogP contribution in [0.25, 0.3) is 0 Å². The van der Waals surface area contributed by atoms with Crippen LogP contribution in [0.2, 0.25) is 0 Å². The van der Waals surface area contributed by atoms with E-state index in [2.05, 4.69) is 41.3 Å². The van der Waals surface area contributed by atoms with Crippen LogP contribution in [0.1, 0.15) is 24.0 Å². The minimum Gasteiger partial charge on any atom is -0.493 e. The first-order chi connectivity index (χ1) is 14.4. The third kappa shape index (κ3) is 7.08. The second kappa shape index (κ2) is 11.8. The van der Waals surface area contributed by atoms with E-state index in [1.54, 1.807) is 14.2 Å². The first-order valence-corrected chi connectivity index (χ1v) is 9.87. The Balaban J connectivity index is 0.000000469. The lowest BCUT2D eigenvalue weighted by molar-refractivity contribution is -0.159. The van der Waals surface area contributed by atoms with Gasteiger partial charge in [0, 0.05) is 12.1 Å². The van der Waals surface area contributed by atoms with Gasteiger partial charge in [0.1, 0.15) is 0 Å². The molecule has 1 saturated heterocycles. The Morgan fingerprint density at radius 2 is 1.57 bits per heavy atom. The maximum absolute atomic E-state index is 9.10. The molecule has 1 aliphatic heterocycles. The van der Waals surface area contributed by atoms with Gasteiger partial charge in [0.05, 0.1) is 14.2 Å². The Hall–Kier alpha value is -3.06. The van der Waals surface area contributed by atoms with Crippen LogP contribution in [0.5, 0.6) is 11.5 Å². The molecule has 0 spiro atoms. The van der Waals surface area contributed by atoms with E-state index >= 15 is 0 Å². The number of rotatable bonds is 6. The van der Waals surface area contributed by atoms with Gasteiger partial charge in [0.2, 0.25) is 0 Å². The molecule has 0 radical (unpaired) electrons. The summed E-state index contributed by atoms with van der Waals surface area (Å²) < 4.78 is 11.0. The van der Waals surface area contributed by atoms with Crippen LogP contribution in [0.4, 0.5) is 0 Å². The maximum atomic E-state index is 9.10. The molecule has 0 unspecified atom stereocenters. The second-order valence-corrected chi connectivity index (χ2v) is 7.17. The molecule has 0 atom stereocenters. The molecule has 1 heterocycles. The van der Waals surface area contributed by atoms with Gasteiger partial charge in [-0.15, -0.1) is 0 Å². The quantitative estimate of drug-likeness (QED) is 0.699. The zero-order chi connectivity index (χ0) is 21.9. The summed E-state index contributed by atoms with van der Waals surface area (Å²) in [6, 6.07) is 17.0. The zero-order valence-corrected chi connectivity index (χ0v) is 17.4. The van der Waals surface area contributed by atoms with Crippen molar-refractivity contribution in [2.75, 3.05) is 27.3 Å². The van der Waals surface area contributed by atoms with Crippen molar-refractivity contribution in [1.82, 2.24) is 4.90 Å². The molecule has 1 fully saturated rings. The number of ether oxygens (including phenoxy) is 2. The number of carboxylic acids is 2. The van der Waals surface area contributed by atoms with Gasteiger partial charge in [-0.1, -0.05) is 42.5 Å². The number of hydrogen-bond donors (Lipinski definition) is 2. The summed E-state index contributed by atoms with van der Waals surface area (Å²) in [7, 11) is 3.41. The van der Waals surface area contributed by atoms with Crippen molar-refractivity contribution >= 4 is 11.9 Å². The highest BCUT2D eigenvalue weighted by molar-refractivity contribution is 6.27. The number of hydrogen-bond acceptors (Lipinski definition) is 5. The highest BCUT2D eigenvalue weighted by atomic mass is 16.5. The van der Waals surface area contributed by atoms with Crippen molar-refractivity contribution in [1.29, 1.82) is 0 Å². The van der Waals surface area contributed by atoms with Gasteiger partial charge in [-0.25, -0.2) is 9.59 Å². The number of carbonyl (C=O) groups is 2. The molecule has 1 aliphatic rings. The molecule has 0 saturated carbocycles. The molecule has 0 bridgehead atoms. The molecule has 162 valence electrons. The van der Waals surface area contributed by atoms with Crippen molar-refractivity contribution in [3.63, 3.8) is 0 Å². The summed E-state index contributed by atoms with van der Waals surface area (Å²) in [6.45, 7) is 3.23. The second-order valence-electron chi connectivity index (χ2n) is 7.17. The van der Waals surface area contributed by atoms with Crippen LogP contribution in [0.15, 0.2) is 48.5 Å². The number of carboxylic acid groups (broad SMARTS) is 2. The number of likely N-dealkylation sites (tertiary alicyclic amines) is 1. The minimum absolute atomic E-state index is 0.802. The summed E-state index contributed by atoms with van der Waals surface area (Å²) in [6.07, 6.45) is 3.74. The van der Waals surface area contributed by atoms with Crippen LogP contribution in [-0.2, 0) is 22.6 Å². The predicted octanol–water partition coefficient (Wildman–Crippen LogP) is 3.31. The Morgan fingerprint density at radius 3 is 2.10 bits per heavy atom. The van der Waals surface area contributed by atoms with Crippen molar-refractivity contribution in [3.05, 3.63) is 59.7 Å². The lowest BCUT2D eigenvalue weighted by Gasteiger charge is -2.32. The summed E-state index contributed by atoms with van der Waals surface area (Å²) in [5, 5.41) is 14.8. The highest BCUT2D eigenvalue weighted by Crippen LogP contribution is 2.32. The van der Waals surface area contributed by atoms with Crippen LogP contribution >= 0.6 is 0 Å². The fourth-order valence-electron chi connectivity index (χ4n) is 3.62. The number of piperidine rings is 1. The van der Waals surface area contributed by atoms with E-state index in [-0.39, 0.29) is 0 Å². The number of methoxy groups -OCH3 is 2. The Labute approximate surface area is 176 Å². The molecule has 30 heavy (non-hydrogen) atoms. The van der Waals surface area contributed by atoms with Crippen molar-refractivity contribution in [2.24, 2.45) is 5.92 Å². The van der Waals surface area contributed by atoms with Crippen molar-refractivity contribution < 1.29 is 29.3 Å². The number of benzene rings is 2. The Kier molecular flexibility index (Phi) is 9.15. The number of para-hydroxylation sites is 1. The summed E-state index contributed by atoms with van der Waals surface area (Å²) >= 11 is 0. The van der Waals surface area contributed by atoms with Crippen LogP contribution in [0, 0.1) is 5.92 Å². The first kappa shape index (κ1) is 23.2. The third-order valence-corrected chi connectivity index (χ3v) is 5.14. The summed E-state index contributed by atoms with van der Waals surface area (Å²) in [5.41, 5.74) is 2.67. The average molecular weight is 415 g/mol. The van der Waals surface area contributed by atoms with Gasteiger partial charge in [0.15, 0.2) is 11.5 Å². The van der Waals surface area contributed by atoms with Crippen molar-refractivity contribution in [3.8, 4) is 11.5 Å². The van der Waals surface area contributed by atoms with E-state index in [0.717, 1.165) is 37.1 Å². The largest absolute Gasteiger partial charge is 0.493 e. The molecular formula is C23H29NO6. The average Bonchev–Trinajstić information content (AvgIpc) is 2.76. The van der Waals surface area contributed by atoms with Crippen LogP contribution < -0.4 is 9.47 Å². The predicted molar refractivity (Wildman–Crippen MR) is 113 cm³/mol. The molecule has 7 nitrogen and oxygen atoms in total. The molecule has 3 rings (SSSR count). The van der Waals surface area contributed by atoms with E-state index in [4.69, 9.17) is 29.3 Å². The fourth-order valence-corrected chi connectivity index (χ4v) is 3.62. The zero-order valence-electron chi connectivity index (χ0n) is 17.4. The molecule has 7 heteroatoms. The monoisotopic (exact) mass is 415 g/mol. The number of aliphatic carboxylic acids is 2. The molecule has 2 N–H and O–H groups in total. The van der Waals surface area contributed by atoms with E-state index in [1.807, 2.05) is 12.1 Å². The molecule has 2 aromatic carbocycles. The Morgan fingerprint density at radius 1 is 0.933 bits per heavy atom. The molecule has 0 aromatic heterocycles. The molecule has 0 amide bonds. The van der Waals surface area contributed by atoms with Crippen LogP contribution in [-0.4, -0.2) is 54.4 Å². The van der Waals surface area contributed by atoms with Gasteiger partial charge in [0.25, 0.3) is 0 Å². The van der Waals surface area contributed by atoms with Crippen molar-refractivity contribution in [2.45, 2.75) is 25.8 Å². The topological polar surface area (TPSA) is 96.3 Å². The summed E-state index contributed by atoms with van der Waals surface area (Å²) in [4.78, 5) is 20.7. The molecular weight excluding hydrogens is 386 g/mol. The third-order valence-electron chi connectivity index (χ3n) is 5.14. The normalized spacial score (nSPS) is 14.3. The Bertz CT molecular complexity index is 804. The van der Waals surface area contributed by atoms with E-state index in [0.29, 0.717) is 0 Å². The highest BCUT2D eigenvalue weighted by Gasteiger charge is 2.21. The SMILES string of the molecule is COc1cccc(CN2CCC(Cc3ccccc3)CC2)c1OC.O=C(O)C(=O)O. The van der Waals surface area contributed by atoms with E-state index in [1.165, 1.54) is 30.4 Å². The first-order valence-electron chi connectivity index (χ1n) is 9.87. The molecule has 0 aliphatic carbocycles. The van der Waals surface area contributed by atoms with Crippen LogP contribution in [0.3, 0.4) is 0 Å². The smallest absolute Gasteiger partial charge is 0.414 e. The number of nitrogens with zero attached hydrogens (tertiary/aromatic N) is 1.